The molecular weight excluding hydrogens is 745 g/mol. The van der Waals surface area contributed by atoms with Crippen LogP contribution in [0, 0.1) is 27.7 Å². The van der Waals surface area contributed by atoms with Crippen LogP contribution in [-0.4, -0.2) is 0 Å². The van der Waals surface area contributed by atoms with Crippen molar-refractivity contribution in [1.82, 2.24) is 0 Å². The molecule has 0 spiro atoms. The van der Waals surface area contributed by atoms with E-state index in [2.05, 4.69) is 52.0 Å². The van der Waals surface area contributed by atoms with Gasteiger partial charge in [-0.1, -0.05) is 95.1 Å². The van der Waals surface area contributed by atoms with Crippen molar-refractivity contribution in [3.8, 4) is 69.0 Å². The second kappa shape index (κ2) is 15.4. The van der Waals surface area contributed by atoms with E-state index in [1.54, 1.807) is 0 Å². The smallest absolute Gasteiger partial charge is 0.135 e. The quantitative estimate of drug-likeness (QED) is 0.145. The molecule has 0 amide bonds. The average Bonchev–Trinajstić information content (AvgIpc) is 3.25. The van der Waals surface area contributed by atoms with Gasteiger partial charge in [-0.3, -0.25) is 0 Å². The van der Waals surface area contributed by atoms with Crippen molar-refractivity contribution in [1.29, 1.82) is 0 Å². The first-order valence-electron chi connectivity index (χ1n) is 20.2. The molecule has 0 bridgehead atoms. The largest absolute Gasteiger partial charge is 0.457 e. The summed E-state index contributed by atoms with van der Waals surface area (Å²) in [6, 6.07) is 56.7. The van der Waals surface area contributed by atoms with E-state index in [9.17, 15) is 0 Å². The summed E-state index contributed by atoms with van der Waals surface area (Å²) < 4.78 is 39.2. The molecule has 0 fully saturated rings. The minimum atomic E-state index is -0.195. The summed E-state index contributed by atoms with van der Waals surface area (Å²) in [6.45, 7) is 8.25. The fraction of sp³-hybridized carbons (Fsp3) is 0.111. The minimum Gasteiger partial charge on any atom is -0.457 e. The normalized spacial score (nSPS) is 12.8. The van der Waals surface area contributed by atoms with Crippen molar-refractivity contribution in [2.45, 2.75) is 39.5 Å². The lowest BCUT2D eigenvalue weighted by Crippen LogP contribution is -2.22. The summed E-state index contributed by atoms with van der Waals surface area (Å²) in [7, 11) is 0. The molecule has 0 atom stereocenters. The second-order valence-corrected chi connectivity index (χ2v) is 15.6. The van der Waals surface area contributed by atoms with Crippen molar-refractivity contribution < 1.29 is 28.4 Å². The van der Waals surface area contributed by atoms with Gasteiger partial charge in [-0.05, 0) is 100 Å². The molecule has 8 aromatic carbocycles. The molecule has 0 N–H and O–H groups in total. The Morgan fingerprint density at radius 1 is 0.267 bits per heavy atom. The molecule has 60 heavy (non-hydrogen) atoms. The van der Waals surface area contributed by atoms with Crippen LogP contribution in [0.3, 0.4) is 0 Å². The fourth-order valence-electron chi connectivity index (χ4n) is 7.95. The van der Waals surface area contributed by atoms with E-state index in [0.29, 0.717) is 46.0 Å². The van der Waals surface area contributed by atoms with E-state index in [0.717, 1.165) is 45.3 Å². The number of hydrogen-bond acceptors (Lipinski definition) is 6. The first-order chi connectivity index (χ1) is 29.3. The summed E-state index contributed by atoms with van der Waals surface area (Å²) in [4.78, 5) is 0. The topological polar surface area (TPSA) is 55.4 Å². The highest BCUT2D eigenvalue weighted by molar-refractivity contribution is 5.66. The number of hydrogen-bond donors (Lipinski definition) is 0. The van der Waals surface area contributed by atoms with Gasteiger partial charge in [-0.15, -0.1) is 0 Å². The molecule has 10 rings (SSSR count). The van der Waals surface area contributed by atoms with E-state index in [-0.39, 0.29) is 11.8 Å². The lowest BCUT2D eigenvalue weighted by molar-refractivity contribution is 0.400. The Hall–Kier alpha value is -7.44. The SMILES string of the molecule is Cc1ccc(Oc2ccc3c(c2)Oc2cc(Oc4ccc(C)cc4)ccc2C3C2c3ccc(Oc4ccc(C)cc4)cc3Oc3cc(Oc4ccc(C)cc4)ccc32)cc1. The van der Waals surface area contributed by atoms with Gasteiger partial charge in [0.05, 0.1) is 0 Å². The van der Waals surface area contributed by atoms with Gasteiger partial charge in [0.25, 0.3) is 0 Å². The Labute approximate surface area is 350 Å². The summed E-state index contributed by atoms with van der Waals surface area (Å²) in [6.07, 6.45) is 0. The minimum absolute atomic E-state index is 0.195. The van der Waals surface area contributed by atoms with Crippen LogP contribution in [0.5, 0.6) is 69.0 Å². The van der Waals surface area contributed by atoms with Gasteiger partial charge in [0.1, 0.15) is 69.0 Å². The molecular formula is C54H42O6. The molecule has 0 unspecified atom stereocenters. The van der Waals surface area contributed by atoms with Crippen molar-refractivity contribution in [3.63, 3.8) is 0 Å². The third-order valence-corrected chi connectivity index (χ3v) is 11.1. The zero-order valence-electron chi connectivity index (χ0n) is 33.8. The summed E-state index contributed by atoms with van der Waals surface area (Å²) in [5, 5.41) is 0. The van der Waals surface area contributed by atoms with E-state index < -0.39 is 0 Å². The Balaban J connectivity index is 1.10. The molecule has 2 aliphatic heterocycles. The van der Waals surface area contributed by atoms with Gasteiger partial charge < -0.3 is 28.4 Å². The van der Waals surface area contributed by atoms with Crippen molar-refractivity contribution in [2.75, 3.05) is 0 Å². The van der Waals surface area contributed by atoms with Crippen LogP contribution in [0.25, 0.3) is 0 Å². The van der Waals surface area contributed by atoms with Gasteiger partial charge in [0.2, 0.25) is 0 Å². The molecule has 0 aliphatic carbocycles. The molecule has 8 aromatic rings. The standard InChI is InChI=1S/C54H42O6/c1-33-5-13-37(14-6-33)55-41-21-25-45-49(29-41)59-50-30-42(56-38-15-7-34(2)8-16-38)22-26-46(50)53(45)54-47-27-23-43(57-39-17-9-35(3)10-18-39)31-51(47)60-52-32-44(24-28-48(52)54)58-40-19-11-36(4)12-20-40/h5-32,53-54H,1-4H3. The van der Waals surface area contributed by atoms with E-state index in [1.165, 1.54) is 22.3 Å². The van der Waals surface area contributed by atoms with Gasteiger partial charge in [-0.2, -0.15) is 0 Å². The van der Waals surface area contributed by atoms with Crippen LogP contribution >= 0.6 is 0 Å². The van der Waals surface area contributed by atoms with Crippen LogP contribution in [0.15, 0.2) is 170 Å². The maximum absolute atomic E-state index is 6.83. The molecule has 0 saturated heterocycles. The third-order valence-electron chi connectivity index (χ3n) is 11.1. The number of rotatable bonds is 9. The highest BCUT2D eigenvalue weighted by atomic mass is 16.5. The maximum Gasteiger partial charge on any atom is 0.135 e. The molecule has 2 aliphatic rings. The zero-order chi connectivity index (χ0) is 40.7. The molecule has 6 nitrogen and oxygen atoms in total. The number of benzene rings is 8. The molecule has 0 aromatic heterocycles. The third kappa shape index (κ3) is 7.51. The Bertz CT molecular complexity index is 2450. The molecule has 6 heteroatoms. The van der Waals surface area contributed by atoms with Crippen LogP contribution in [-0.2, 0) is 0 Å². The van der Waals surface area contributed by atoms with E-state index >= 15 is 0 Å². The van der Waals surface area contributed by atoms with Gasteiger partial charge >= 0.3 is 0 Å². The number of fused-ring (bicyclic) bond motifs is 4. The van der Waals surface area contributed by atoms with E-state index in [1.807, 2.05) is 146 Å². The first kappa shape index (κ1) is 36.9. The first-order valence-corrected chi connectivity index (χ1v) is 20.2. The molecule has 294 valence electrons. The van der Waals surface area contributed by atoms with Crippen LogP contribution in [0.2, 0.25) is 0 Å². The van der Waals surface area contributed by atoms with Crippen LogP contribution in [0.1, 0.15) is 56.3 Å². The Morgan fingerprint density at radius 2 is 0.467 bits per heavy atom. The average molecular weight is 787 g/mol. The lowest BCUT2D eigenvalue weighted by atomic mass is 9.71. The molecule has 0 radical (unpaired) electrons. The highest BCUT2D eigenvalue weighted by Crippen LogP contribution is 2.59. The summed E-state index contributed by atoms with van der Waals surface area (Å²) >= 11 is 0. The van der Waals surface area contributed by atoms with Crippen molar-refractivity contribution in [3.05, 3.63) is 214 Å². The Kier molecular flexibility index (Phi) is 9.45. The van der Waals surface area contributed by atoms with E-state index in [4.69, 9.17) is 28.4 Å². The number of aryl methyl sites for hydroxylation is 4. The van der Waals surface area contributed by atoms with Gasteiger partial charge in [0.15, 0.2) is 0 Å². The predicted octanol–water partition coefficient (Wildman–Crippen LogP) is 15.3. The monoisotopic (exact) mass is 786 g/mol. The lowest BCUT2D eigenvalue weighted by Gasteiger charge is -2.38. The molecule has 2 heterocycles. The maximum atomic E-state index is 6.83. The second-order valence-electron chi connectivity index (χ2n) is 15.6. The molecule has 0 saturated carbocycles. The number of ether oxygens (including phenoxy) is 6. The summed E-state index contributed by atoms with van der Waals surface area (Å²) in [5.41, 5.74) is 8.75. The fourth-order valence-corrected chi connectivity index (χ4v) is 7.95. The Morgan fingerprint density at radius 3 is 0.683 bits per heavy atom. The van der Waals surface area contributed by atoms with Crippen molar-refractivity contribution in [2.24, 2.45) is 0 Å². The summed E-state index contributed by atoms with van der Waals surface area (Å²) in [5.74, 6) is 8.15. The van der Waals surface area contributed by atoms with Gasteiger partial charge in [-0.25, -0.2) is 0 Å². The van der Waals surface area contributed by atoms with Gasteiger partial charge in [0, 0.05) is 58.4 Å². The van der Waals surface area contributed by atoms with Crippen LogP contribution in [0.4, 0.5) is 0 Å². The highest BCUT2D eigenvalue weighted by Gasteiger charge is 2.41. The zero-order valence-corrected chi connectivity index (χ0v) is 33.8. The van der Waals surface area contributed by atoms with Crippen LogP contribution < -0.4 is 28.4 Å². The predicted molar refractivity (Wildman–Crippen MR) is 235 cm³/mol. The van der Waals surface area contributed by atoms with Crippen molar-refractivity contribution >= 4 is 0 Å².